The highest BCUT2D eigenvalue weighted by Gasteiger charge is 2.38. The van der Waals surface area contributed by atoms with Crippen molar-refractivity contribution in [2.24, 2.45) is 23.7 Å². The van der Waals surface area contributed by atoms with E-state index in [1.54, 1.807) is 19.9 Å². The molecule has 0 spiro atoms. The lowest BCUT2D eigenvalue weighted by atomic mass is 9.77. The van der Waals surface area contributed by atoms with Gasteiger partial charge in [0.05, 0.1) is 24.7 Å². The van der Waals surface area contributed by atoms with Crippen LogP contribution in [0.3, 0.4) is 0 Å². The van der Waals surface area contributed by atoms with Gasteiger partial charge in [-0.05, 0) is 50.5 Å². The number of aliphatic hydroxyl groups is 3. The third-order valence-electron chi connectivity index (χ3n) is 5.92. The van der Waals surface area contributed by atoms with E-state index in [1.807, 2.05) is 20.8 Å². The van der Waals surface area contributed by atoms with E-state index < -0.39 is 42.3 Å². The fourth-order valence-electron chi connectivity index (χ4n) is 3.88. The maximum Gasteiger partial charge on any atom is 0.312 e. The summed E-state index contributed by atoms with van der Waals surface area (Å²) in [7, 11) is 0. The molecule has 1 aliphatic rings. The molecular weight excluding hydrogens is 376 g/mol. The average Bonchev–Trinajstić information content (AvgIpc) is 2.62. The lowest BCUT2D eigenvalue weighted by Crippen LogP contribution is -2.43. The molecule has 168 valence electrons. The van der Waals surface area contributed by atoms with Crippen LogP contribution in [0, 0.1) is 23.7 Å². The highest BCUT2D eigenvalue weighted by Crippen LogP contribution is 2.33. The summed E-state index contributed by atoms with van der Waals surface area (Å²) in [5.41, 5.74) is 0.665. The predicted octanol–water partition coefficient (Wildman–Crippen LogP) is 2.22. The minimum absolute atomic E-state index is 0.00714. The van der Waals surface area contributed by atoms with Crippen molar-refractivity contribution >= 4 is 11.9 Å². The molecule has 0 heterocycles. The van der Waals surface area contributed by atoms with Gasteiger partial charge in [0.2, 0.25) is 0 Å². The average molecular weight is 415 g/mol. The summed E-state index contributed by atoms with van der Waals surface area (Å²) in [5, 5.41) is 30.9. The molecule has 29 heavy (non-hydrogen) atoms. The van der Waals surface area contributed by atoms with Gasteiger partial charge in [0.1, 0.15) is 12.2 Å². The number of carbonyl (C=O) groups is 2. The largest absolute Gasteiger partial charge is 0.462 e. The molecule has 1 aliphatic carbocycles. The first-order chi connectivity index (χ1) is 13.5. The third-order valence-corrected chi connectivity index (χ3v) is 5.92. The van der Waals surface area contributed by atoms with Crippen LogP contribution in [-0.4, -0.2) is 58.3 Å². The Morgan fingerprint density at radius 1 is 1.17 bits per heavy atom. The zero-order valence-corrected chi connectivity index (χ0v) is 18.5. The van der Waals surface area contributed by atoms with Crippen molar-refractivity contribution in [2.75, 3.05) is 6.61 Å². The van der Waals surface area contributed by atoms with Crippen LogP contribution in [0.4, 0.5) is 0 Å². The van der Waals surface area contributed by atoms with Crippen LogP contribution in [-0.2, 0) is 19.1 Å². The Morgan fingerprint density at radius 3 is 2.31 bits per heavy atom. The minimum Gasteiger partial charge on any atom is -0.462 e. The maximum atomic E-state index is 12.8. The quantitative estimate of drug-likeness (QED) is 0.451. The normalized spacial score (nSPS) is 32.6. The summed E-state index contributed by atoms with van der Waals surface area (Å²) in [6.07, 6.45) is 0.153. The molecule has 0 aromatic rings. The van der Waals surface area contributed by atoms with Gasteiger partial charge < -0.3 is 24.8 Å². The molecule has 0 saturated carbocycles. The van der Waals surface area contributed by atoms with Crippen molar-refractivity contribution < 1.29 is 34.4 Å². The molecule has 7 nitrogen and oxygen atoms in total. The molecule has 0 radical (unpaired) electrons. The van der Waals surface area contributed by atoms with Crippen molar-refractivity contribution in [3.63, 3.8) is 0 Å². The summed E-state index contributed by atoms with van der Waals surface area (Å²) in [5.74, 6) is -2.15. The van der Waals surface area contributed by atoms with Crippen molar-refractivity contribution in [2.45, 2.75) is 85.2 Å². The fourth-order valence-corrected chi connectivity index (χ4v) is 3.88. The molecule has 3 N–H and O–H groups in total. The predicted molar refractivity (Wildman–Crippen MR) is 109 cm³/mol. The van der Waals surface area contributed by atoms with Crippen LogP contribution < -0.4 is 0 Å². The maximum absolute atomic E-state index is 12.8. The first-order valence-electron chi connectivity index (χ1n) is 10.5. The van der Waals surface area contributed by atoms with Gasteiger partial charge in [-0.1, -0.05) is 26.8 Å². The van der Waals surface area contributed by atoms with Gasteiger partial charge >= 0.3 is 11.9 Å². The molecule has 0 aliphatic heterocycles. The third kappa shape index (κ3) is 7.72. The summed E-state index contributed by atoms with van der Waals surface area (Å²) in [6.45, 7) is 10.2. The summed E-state index contributed by atoms with van der Waals surface area (Å²) < 4.78 is 10.9. The molecular formula is C22H38O7. The zero-order valence-electron chi connectivity index (χ0n) is 18.5. The van der Waals surface area contributed by atoms with Crippen LogP contribution in [0.1, 0.15) is 60.8 Å². The summed E-state index contributed by atoms with van der Waals surface area (Å²) >= 11 is 0. The van der Waals surface area contributed by atoms with Crippen LogP contribution in [0.2, 0.25) is 0 Å². The van der Waals surface area contributed by atoms with Gasteiger partial charge in [0.15, 0.2) is 0 Å². The van der Waals surface area contributed by atoms with Crippen molar-refractivity contribution in [3.8, 4) is 0 Å². The van der Waals surface area contributed by atoms with Crippen molar-refractivity contribution in [1.82, 2.24) is 0 Å². The Morgan fingerprint density at radius 2 is 1.79 bits per heavy atom. The Balaban J connectivity index is 3.12. The molecule has 0 aromatic heterocycles. The van der Waals surface area contributed by atoms with Crippen LogP contribution >= 0.6 is 0 Å². The number of hydrogen-bond donors (Lipinski definition) is 3. The smallest absolute Gasteiger partial charge is 0.312 e. The van der Waals surface area contributed by atoms with E-state index in [4.69, 9.17) is 9.47 Å². The van der Waals surface area contributed by atoms with Crippen molar-refractivity contribution in [1.29, 1.82) is 0 Å². The Kier molecular flexibility index (Phi) is 10.3. The minimum atomic E-state index is -0.796. The van der Waals surface area contributed by atoms with Gasteiger partial charge in [-0.15, -0.1) is 0 Å². The van der Waals surface area contributed by atoms with Gasteiger partial charge in [-0.25, -0.2) is 0 Å². The number of esters is 2. The molecule has 0 saturated heterocycles. The van der Waals surface area contributed by atoms with Crippen LogP contribution in [0.25, 0.3) is 0 Å². The molecule has 0 fully saturated rings. The SMILES string of the molecule is CC(=O)O[C@H](C)[C@@H](C)C(=O)O[C@H]1C[C@@H](C)[C@H](O)C/C=C(/CO)C[C@H](O)C1C(C)C. The van der Waals surface area contributed by atoms with E-state index >= 15 is 0 Å². The van der Waals surface area contributed by atoms with E-state index in [9.17, 15) is 24.9 Å². The molecule has 1 unspecified atom stereocenters. The van der Waals surface area contributed by atoms with E-state index in [0.29, 0.717) is 18.4 Å². The number of hydrogen-bond acceptors (Lipinski definition) is 7. The highest BCUT2D eigenvalue weighted by molar-refractivity contribution is 5.74. The lowest BCUT2D eigenvalue weighted by molar-refractivity contribution is -0.169. The topological polar surface area (TPSA) is 113 Å². The summed E-state index contributed by atoms with van der Waals surface area (Å²) in [6, 6.07) is 0. The van der Waals surface area contributed by atoms with E-state index in [-0.39, 0.29) is 30.8 Å². The van der Waals surface area contributed by atoms with E-state index in [2.05, 4.69) is 0 Å². The van der Waals surface area contributed by atoms with Gasteiger partial charge in [0.25, 0.3) is 0 Å². The van der Waals surface area contributed by atoms with Gasteiger partial charge in [-0.3, -0.25) is 9.59 Å². The van der Waals surface area contributed by atoms with Gasteiger partial charge in [-0.2, -0.15) is 0 Å². The number of ether oxygens (including phenoxy) is 2. The standard InChI is InChI=1S/C22H38O7/c1-12(2)21-19(26)10-17(11-23)7-8-18(25)13(3)9-20(21)29-22(27)14(4)15(5)28-16(6)24/h7,12-15,18-21,23,25-26H,8-11H2,1-6H3/b17-7+/t13-,14-,15-,18-,19+,20+,21?/m1/s1. The Bertz CT molecular complexity index is 572. The fraction of sp³-hybridized carbons (Fsp3) is 0.818. The second-order valence-corrected chi connectivity index (χ2v) is 8.71. The van der Waals surface area contributed by atoms with Crippen LogP contribution in [0.15, 0.2) is 11.6 Å². The second kappa shape index (κ2) is 11.7. The molecule has 0 aromatic carbocycles. The second-order valence-electron chi connectivity index (χ2n) is 8.71. The van der Waals surface area contributed by atoms with Crippen molar-refractivity contribution in [3.05, 3.63) is 11.6 Å². The number of aliphatic hydroxyl groups excluding tert-OH is 3. The molecule has 7 heteroatoms. The molecule has 7 atom stereocenters. The Labute approximate surface area is 174 Å². The molecule has 0 amide bonds. The lowest BCUT2D eigenvalue weighted by Gasteiger charge is -2.37. The van der Waals surface area contributed by atoms with Crippen LogP contribution in [0.5, 0.6) is 0 Å². The number of carbonyl (C=O) groups excluding carboxylic acids is 2. The van der Waals surface area contributed by atoms with E-state index in [1.165, 1.54) is 6.92 Å². The zero-order chi connectivity index (χ0) is 22.3. The molecule has 1 rings (SSSR count). The van der Waals surface area contributed by atoms with Gasteiger partial charge in [0, 0.05) is 12.8 Å². The monoisotopic (exact) mass is 414 g/mol. The molecule has 0 bridgehead atoms. The Hall–Kier alpha value is -1.44. The number of rotatable bonds is 6. The first kappa shape index (κ1) is 25.6. The first-order valence-corrected chi connectivity index (χ1v) is 10.5. The van der Waals surface area contributed by atoms with E-state index in [0.717, 1.165) is 0 Å². The highest BCUT2D eigenvalue weighted by atomic mass is 16.6. The summed E-state index contributed by atoms with van der Waals surface area (Å²) in [4.78, 5) is 23.9.